The Morgan fingerprint density at radius 1 is 0.972 bits per heavy atom. The van der Waals surface area contributed by atoms with Gasteiger partial charge in [-0.2, -0.15) is 5.21 Å². The zero-order valence-electron chi connectivity index (χ0n) is 20.0. The molecule has 0 bridgehead atoms. The van der Waals surface area contributed by atoms with Crippen molar-refractivity contribution in [2.24, 2.45) is 0 Å². The summed E-state index contributed by atoms with van der Waals surface area (Å²) in [5.41, 5.74) is 4.50. The predicted octanol–water partition coefficient (Wildman–Crippen LogP) is 4.54. The minimum atomic E-state index is -0.616. The molecule has 1 aromatic heterocycles. The molecule has 36 heavy (non-hydrogen) atoms. The largest absolute Gasteiger partial charge is 0.388 e. The van der Waals surface area contributed by atoms with Gasteiger partial charge >= 0.3 is 6.03 Å². The molecule has 2 amide bonds. The Balaban J connectivity index is 1.52. The van der Waals surface area contributed by atoms with Crippen LogP contribution < -0.4 is 5.32 Å². The summed E-state index contributed by atoms with van der Waals surface area (Å²) in [6, 6.07) is 22.3. The van der Waals surface area contributed by atoms with Crippen molar-refractivity contribution in [3.8, 4) is 22.5 Å². The number of para-hydroxylation sites is 1. The molecule has 0 fully saturated rings. The predicted molar refractivity (Wildman–Crippen MR) is 137 cm³/mol. The molecule has 0 spiro atoms. The van der Waals surface area contributed by atoms with Crippen molar-refractivity contribution < 1.29 is 14.7 Å². The molecular weight excluding hydrogens is 456 g/mol. The fourth-order valence-corrected chi connectivity index (χ4v) is 3.93. The molecular formula is C27H28N6O3. The SMILES string of the molecule is CCCCN(Cc1ccc(-c2ccccc2-c2nn[nH]n2)cc1)C(=O)Nc1ccccc1C(=O)CO. The summed E-state index contributed by atoms with van der Waals surface area (Å²) in [6.07, 6.45) is 1.79. The van der Waals surface area contributed by atoms with Gasteiger partial charge < -0.3 is 15.3 Å². The van der Waals surface area contributed by atoms with E-state index in [0.717, 1.165) is 35.1 Å². The summed E-state index contributed by atoms with van der Waals surface area (Å²) in [7, 11) is 0. The second-order valence-electron chi connectivity index (χ2n) is 8.31. The molecule has 184 valence electrons. The van der Waals surface area contributed by atoms with Crippen molar-refractivity contribution in [3.05, 3.63) is 83.9 Å². The number of Topliss-reactive ketones (excluding diaryl/α,β-unsaturated/α-hetero) is 1. The molecule has 0 saturated heterocycles. The van der Waals surface area contributed by atoms with Gasteiger partial charge in [0.05, 0.1) is 5.69 Å². The molecule has 1 heterocycles. The molecule has 3 N–H and O–H groups in total. The van der Waals surface area contributed by atoms with Gasteiger partial charge in [-0.05, 0) is 40.5 Å². The molecule has 0 unspecified atom stereocenters. The maximum atomic E-state index is 13.2. The molecule has 0 aliphatic rings. The topological polar surface area (TPSA) is 124 Å². The lowest BCUT2D eigenvalue weighted by Crippen LogP contribution is -2.35. The van der Waals surface area contributed by atoms with E-state index in [9.17, 15) is 14.7 Å². The van der Waals surface area contributed by atoms with E-state index >= 15 is 0 Å². The van der Waals surface area contributed by atoms with Crippen molar-refractivity contribution in [3.63, 3.8) is 0 Å². The number of carbonyl (C=O) groups is 2. The number of aromatic amines is 1. The Hall–Kier alpha value is -4.37. The van der Waals surface area contributed by atoms with E-state index in [1.807, 2.05) is 48.5 Å². The van der Waals surface area contributed by atoms with E-state index in [0.29, 0.717) is 24.6 Å². The number of rotatable bonds is 10. The molecule has 3 aromatic carbocycles. The number of aromatic nitrogens is 4. The van der Waals surface area contributed by atoms with Crippen molar-refractivity contribution in [2.45, 2.75) is 26.3 Å². The van der Waals surface area contributed by atoms with Crippen LogP contribution in [0.1, 0.15) is 35.7 Å². The van der Waals surface area contributed by atoms with Gasteiger partial charge in [-0.1, -0.05) is 74.0 Å². The Bertz CT molecular complexity index is 1310. The lowest BCUT2D eigenvalue weighted by molar-refractivity contribution is 0.0904. The zero-order chi connectivity index (χ0) is 25.3. The number of H-pyrrole nitrogens is 1. The zero-order valence-corrected chi connectivity index (χ0v) is 20.0. The summed E-state index contributed by atoms with van der Waals surface area (Å²) in [4.78, 5) is 27.0. The monoisotopic (exact) mass is 484 g/mol. The van der Waals surface area contributed by atoms with Crippen LogP contribution in [0.5, 0.6) is 0 Å². The van der Waals surface area contributed by atoms with Gasteiger partial charge in [-0.25, -0.2) is 4.79 Å². The lowest BCUT2D eigenvalue weighted by Gasteiger charge is -2.24. The number of hydrogen-bond acceptors (Lipinski definition) is 6. The number of urea groups is 1. The van der Waals surface area contributed by atoms with Gasteiger partial charge in [0.25, 0.3) is 0 Å². The normalized spacial score (nSPS) is 10.7. The molecule has 0 radical (unpaired) electrons. The molecule has 0 aliphatic heterocycles. The van der Waals surface area contributed by atoms with E-state index in [4.69, 9.17) is 0 Å². The average molecular weight is 485 g/mol. The van der Waals surface area contributed by atoms with Crippen LogP contribution in [0, 0.1) is 0 Å². The number of carbonyl (C=O) groups excluding carboxylic acids is 2. The highest BCUT2D eigenvalue weighted by molar-refractivity contribution is 6.05. The molecule has 9 heteroatoms. The molecule has 4 aromatic rings. The molecule has 4 rings (SSSR count). The van der Waals surface area contributed by atoms with Crippen molar-refractivity contribution in [1.29, 1.82) is 0 Å². The second kappa shape index (κ2) is 11.9. The van der Waals surface area contributed by atoms with Crippen LogP contribution >= 0.6 is 0 Å². The first-order valence-electron chi connectivity index (χ1n) is 11.8. The van der Waals surface area contributed by atoms with E-state index in [1.165, 1.54) is 0 Å². The Kier molecular flexibility index (Phi) is 8.15. The second-order valence-corrected chi connectivity index (χ2v) is 8.31. The molecule has 0 atom stereocenters. The third-order valence-corrected chi connectivity index (χ3v) is 5.83. The number of nitrogens with one attached hydrogen (secondary N) is 2. The lowest BCUT2D eigenvalue weighted by atomic mass is 9.98. The van der Waals surface area contributed by atoms with Gasteiger partial charge in [0.15, 0.2) is 5.78 Å². The van der Waals surface area contributed by atoms with Crippen LogP contribution in [0.2, 0.25) is 0 Å². The summed E-state index contributed by atoms with van der Waals surface area (Å²) >= 11 is 0. The number of unbranched alkanes of at least 4 members (excludes halogenated alkanes) is 1. The smallest absolute Gasteiger partial charge is 0.322 e. The first-order chi connectivity index (χ1) is 17.6. The third kappa shape index (κ3) is 5.81. The third-order valence-electron chi connectivity index (χ3n) is 5.83. The van der Waals surface area contributed by atoms with Gasteiger partial charge in [0.2, 0.25) is 5.82 Å². The van der Waals surface area contributed by atoms with Crippen molar-refractivity contribution >= 4 is 17.5 Å². The number of benzene rings is 3. The number of amides is 2. The molecule has 9 nitrogen and oxygen atoms in total. The number of ketones is 1. The minimum absolute atomic E-state index is 0.286. The van der Waals surface area contributed by atoms with Gasteiger partial charge in [0.1, 0.15) is 6.61 Å². The van der Waals surface area contributed by atoms with E-state index in [2.05, 4.69) is 32.9 Å². The standard InChI is InChI=1S/C27H28N6O3/c1-2-3-16-33(27(36)28-24-11-7-6-10-23(24)25(35)18-34)17-19-12-14-20(15-13-19)21-8-4-5-9-22(21)26-29-31-32-30-26/h4-15,34H,2-3,16-18H2,1H3,(H,28,36)(H,29,30,31,32). The van der Waals surface area contributed by atoms with Crippen LogP contribution in [0.4, 0.5) is 10.5 Å². The van der Waals surface area contributed by atoms with Gasteiger partial charge in [-0.3, -0.25) is 4.79 Å². The van der Waals surface area contributed by atoms with Crippen LogP contribution in [-0.2, 0) is 6.54 Å². The average Bonchev–Trinajstić information content (AvgIpc) is 3.46. The Labute approximate surface area is 209 Å². The van der Waals surface area contributed by atoms with Crippen LogP contribution in [0.15, 0.2) is 72.8 Å². The first-order valence-corrected chi connectivity index (χ1v) is 11.8. The van der Waals surface area contributed by atoms with E-state index < -0.39 is 12.4 Å². The summed E-state index contributed by atoms with van der Waals surface area (Å²) < 4.78 is 0. The summed E-state index contributed by atoms with van der Waals surface area (Å²) in [5.74, 6) is 0.0831. The number of tetrazole rings is 1. The van der Waals surface area contributed by atoms with E-state index in [1.54, 1.807) is 29.2 Å². The fraction of sp³-hybridized carbons (Fsp3) is 0.222. The quantitative estimate of drug-likeness (QED) is 0.284. The highest BCUT2D eigenvalue weighted by Gasteiger charge is 2.18. The number of anilines is 1. The fourth-order valence-electron chi connectivity index (χ4n) is 3.93. The maximum absolute atomic E-state index is 13.2. The highest BCUT2D eigenvalue weighted by Crippen LogP contribution is 2.30. The van der Waals surface area contributed by atoms with Crippen molar-refractivity contribution in [2.75, 3.05) is 18.5 Å². The first kappa shape index (κ1) is 24.7. The number of hydrogen-bond donors (Lipinski definition) is 3. The maximum Gasteiger partial charge on any atom is 0.322 e. The highest BCUT2D eigenvalue weighted by atomic mass is 16.3. The number of nitrogens with zero attached hydrogens (tertiary/aromatic N) is 4. The molecule has 0 saturated carbocycles. The van der Waals surface area contributed by atoms with Crippen LogP contribution in [-0.4, -0.2) is 55.6 Å². The van der Waals surface area contributed by atoms with Crippen LogP contribution in [0.3, 0.4) is 0 Å². The van der Waals surface area contributed by atoms with Crippen LogP contribution in [0.25, 0.3) is 22.5 Å². The number of aliphatic hydroxyl groups is 1. The van der Waals surface area contributed by atoms with E-state index in [-0.39, 0.29) is 11.6 Å². The Morgan fingerprint density at radius 3 is 2.39 bits per heavy atom. The van der Waals surface area contributed by atoms with Gasteiger partial charge in [-0.15, -0.1) is 10.2 Å². The van der Waals surface area contributed by atoms with Gasteiger partial charge in [0, 0.05) is 24.2 Å². The summed E-state index contributed by atoms with van der Waals surface area (Å²) in [6.45, 7) is 2.44. The molecule has 0 aliphatic carbocycles. The summed E-state index contributed by atoms with van der Waals surface area (Å²) in [5, 5.41) is 26.5. The number of aliphatic hydroxyl groups excluding tert-OH is 1. The van der Waals surface area contributed by atoms with Crippen molar-refractivity contribution in [1.82, 2.24) is 25.5 Å². The minimum Gasteiger partial charge on any atom is -0.388 e. The Morgan fingerprint density at radius 2 is 1.69 bits per heavy atom.